The number of anilines is 1. The zero-order chi connectivity index (χ0) is 21.3. The summed E-state index contributed by atoms with van der Waals surface area (Å²) in [6.07, 6.45) is 3.03. The van der Waals surface area contributed by atoms with E-state index in [9.17, 15) is 9.59 Å². The molecule has 1 aromatic carbocycles. The second-order valence-electron chi connectivity index (χ2n) is 8.10. The van der Waals surface area contributed by atoms with Gasteiger partial charge in [-0.05, 0) is 43.9 Å². The van der Waals surface area contributed by atoms with Gasteiger partial charge in [-0.25, -0.2) is 9.97 Å². The number of methoxy groups -OCH3 is 1. The second kappa shape index (κ2) is 8.42. The van der Waals surface area contributed by atoms with Gasteiger partial charge < -0.3 is 9.64 Å². The number of hydrogen-bond acceptors (Lipinski definition) is 5. The largest absolute Gasteiger partial charge is 0.497 e. The molecule has 1 aromatic heterocycles. The molecule has 30 heavy (non-hydrogen) atoms. The molecule has 0 radical (unpaired) electrons. The number of nitrogens with zero attached hydrogens (tertiary/aromatic N) is 4. The number of rotatable bonds is 4. The highest BCUT2D eigenvalue weighted by molar-refractivity contribution is 5.95. The van der Waals surface area contributed by atoms with Gasteiger partial charge in [0.15, 0.2) is 0 Å². The van der Waals surface area contributed by atoms with E-state index in [0.29, 0.717) is 25.9 Å². The van der Waals surface area contributed by atoms with E-state index in [1.807, 2.05) is 36.1 Å². The Kier molecular flexibility index (Phi) is 5.70. The van der Waals surface area contributed by atoms with Gasteiger partial charge in [-0.3, -0.25) is 14.5 Å². The molecule has 2 aromatic rings. The van der Waals surface area contributed by atoms with Crippen molar-refractivity contribution in [3.05, 3.63) is 46.9 Å². The lowest BCUT2D eigenvalue weighted by atomic mass is 9.96. The van der Waals surface area contributed by atoms with Crippen LogP contribution in [0.1, 0.15) is 54.7 Å². The van der Waals surface area contributed by atoms with Gasteiger partial charge in [0.05, 0.1) is 13.7 Å². The van der Waals surface area contributed by atoms with E-state index in [4.69, 9.17) is 14.7 Å². The van der Waals surface area contributed by atoms with E-state index in [0.717, 1.165) is 53.6 Å². The first-order chi connectivity index (χ1) is 14.5. The van der Waals surface area contributed by atoms with Crippen LogP contribution in [0.2, 0.25) is 0 Å². The maximum absolute atomic E-state index is 12.8. The fraction of sp³-hybridized carbons (Fsp3) is 0.478. The molecule has 0 unspecified atom stereocenters. The molecule has 158 valence electrons. The van der Waals surface area contributed by atoms with Crippen molar-refractivity contribution in [2.24, 2.45) is 0 Å². The van der Waals surface area contributed by atoms with Crippen LogP contribution >= 0.6 is 0 Å². The predicted octanol–water partition coefficient (Wildman–Crippen LogP) is 3.00. The number of carbonyl (C=O) groups is 2. The van der Waals surface area contributed by atoms with Crippen LogP contribution in [0, 0.1) is 6.92 Å². The first-order valence-electron chi connectivity index (χ1n) is 10.5. The van der Waals surface area contributed by atoms with Gasteiger partial charge in [-0.2, -0.15) is 0 Å². The number of carbonyl (C=O) groups excluding carboxylic acids is 2. The lowest BCUT2D eigenvalue weighted by molar-refractivity contribution is -0.130. The second-order valence-corrected chi connectivity index (χ2v) is 8.10. The summed E-state index contributed by atoms with van der Waals surface area (Å²) in [7, 11) is 1.64. The van der Waals surface area contributed by atoms with Crippen molar-refractivity contribution < 1.29 is 14.3 Å². The first-order valence-corrected chi connectivity index (χ1v) is 10.5. The van der Waals surface area contributed by atoms with E-state index >= 15 is 0 Å². The average molecular weight is 409 g/mol. The molecule has 2 aliphatic heterocycles. The Morgan fingerprint density at radius 2 is 1.97 bits per heavy atom. The van der Waals surface area contributed by atoms with E-state index in [-0.39, 0.29) is 17.7 Å². The number of benzene rings is 1. The molecule has 2 aliphatic rings. The van der Waals surface area contributed by atoms with Gasteiger partial charge in [0.2, 0.25) is 11.8 Å². The molecule has 0 N–H and O–H groups in total. The van der Waals surface area contributed by atoms with Crippen molar-refractivity contribution in [3.63, 3.8) is 0 Å². The van der Waals surface area contributed by atoms with Crippen LogP contribution in [0.5, 0.6) is 5.75 Å². The third-order valence-corrected chi connectivity index (χ3v) is 6.09. The molecule has 3 heterocycles. The number of amides is 2. The minimum atomic E-state index is 0.0800. The summed E-state index contributed by atoms with van der Waals surface area (Å²) in [4.78, 5) is 38.0. The topological polar surface area (TPSA) is 75.6 Å². The number of aryl methyl sites for hydroxylation is 1. The first kappa shape index (κ1) is 20.3. The third-order valence-electron chi connectivity index (χ3n) is 6.09. The fourth-order valence-electron chi connectivity index (χ4n) is 4.34. The van der Waals surface area contributed by atoms with Crippen LogP contribution in [0.4, 0.5) is 5.82 Å². The maximum atomic E-state index is 12.8. The van der Waals surface area contributed by atoms with Gasteiger partial charge in [-0.1, -0.05) is 12.1 Å². The standard InChI is InChI=1S/C23H28N4O3/c1-15-20-10-11-21(29)27(13-17-6-8-19(30-3)9-7-17)23(20)25-22(24-15)18-5-4-12-26(14-18)16(2)28/h6-9,18H,4-5,10-14H2,1-3H3/t18-/m0/s1. The summed E-state index contributed by atoms with van der Waals surface area (Å²) in [5.74, 6) is 2.53. The Balaban J connectivity index is 1.65. The quantitative estimate of drug-likeness (QED) is 0.777. The molecular weight excluding hydrogens is 380 g/mol. The van der Waals surface area contributed by atoms with Crippen LogP contribution in [0.15, 0.2) is 24.3 Å². The minimum Gasteiger partial charge on any atom is -0.497 e. The molecule has 7 heteroatoms. The lowest BCUT2D eigenvalue weighted by Gasteiger charge is -2.33. The van der Waals surface area contributed by atoms with Crippen LogP contribution in [-0.2, 0) is 22.6 Å². The van der Waals surface area contributed by atoms with Gasteiger partial charge in [0, 0.05) is 43.6 Å². The Hall–Kier alpha value is -2.96. The smallest absolute Gasteiger partial charge is 0.228 e. The average Bonchev–Trinajstić information content (AvgIpc) is 2.76. The molecule has 4 rings (SSSR count). The molecule has 1 fully saturated rings. The molecule has 2 amide bonds. The third kappa shape index (κ3) is 4.01. The predicted molar refractivity (Wildman–Crippen MR) is 114 cm³/mol. The SMILES string of the molecule is COc1ccc(CN2C(=O)CCc3c(C)nc([C@H]4CCCN(C(C)=O)C4)nc32)cc1. The molecule has 0 aliphatic carbocycles. The number of fused-ring (bicyclic) bond motifs is 1. The van der Waals surface area contributed by atoms with Crippen molar-refractivity contribution in [1.29, 1.82) is 0 Å². The van der Waals surface area contributed by atoms with E-state index in [1.54, 1.807) is 18.9 Å². The number of ether oxygens (including phenoxy) is 1. The van der Waals surface area contributed by atoms with E-state index in [1.165, 1.54) is 0 Å². The van der Waals surface area contributed by atoms with Crippen molar-refractivity contribution in [1.82, 2.24) is 14.9 Å². The summed E-state index contributed by atoms with van der Waals surface area (Å²) < 4.78 is 5.23. The molecule has 0 bridgehead atoms. The highest BCUT2D eigenvalue weighted by Gasteiger charge is 2.31. The summed E-state index contributed by atoms with van der Waals surface area (Å²) in [5.41, 5.74) is 3.00. The van der Waals surface area contributed by atoms with Gasteiger partial charge in [-0.15, -0.1) is 0 Å². The van der Waals surface area contributed by atoms with Gasteiger partial charge in [0.1, 0.15) is 17.4 Å². The van der Waals surface area contributed by atoms with Gasteiger partial charge in [0.25, 0.3) is 0 Å². The maximum Gasteiger partial charge on any atom is 0.228 e. The van der Waals surface area contributed by atoms with E-state index in [2.05, 4.69) is 0 Å². The van der Waals surface area contributed by atoms with Gasteiger partial charge >= 0.3 is 0 Å². The zero-order valence-electron chi connectivity index (χ0n) is 17.9. The molecular formula is C23H28N4O3. The van der Waals surface area contributed by atoms with Crippen LogP contribution in [-0.4, -0.2) is 46.9 Å². The number of hydrogen-bond donors (Lipinski definition) is 0. The molecule has 1 atom stereocenters. The Morgan fingerprint density at radius 1 is 1.20 bits per heavy atom. The fourth-order valence-corrected chi connectivity index (χ4v) is 4.34. The van der Waals surface area contributed by atoms with Crippen LogP contribution < -0.4 is 9.64 Å². The van der Waals surface area contributed by atoms with Crippen molar-refractivity contribution >= 4 is 17.6 Å². The van der Waals surface area contributed by atoms with Crippen LogP contribution in [0.25, 0.3) is 0 Å². The molecule has 7 nitrogen and oxygen atoms in total. The highest BCUT2D eigenvalue weighted by atomic mass is 16.5. The molecule has 1 saturated heterocycles. The number of likely N-dealkylation sites (tertiary alicyclic amines) is 1. The Morgan fingerprint density at radius 3 is 2.67 bits per heavy atom. The van der Waals surface area contributed by atoms with Crippen molar-refractivity contribution in [2.45, 2.75) is 52.0 Å². The monoisotopic (exact) mass is 408 g/mol. The summed E-state index contributed by atoms with van der Waals surface area (Å²) in [6, 6.07) is 7.75. The number of piperidine rings is 1. The normalized spacial score (nSPS) is 18.9. The molecule has 0 spiro atoms. The van der Waals surface area contributed by atoms with E-state index < -0.39 is 0 Å². The van der Waals surface area contributed by atoms with Crippen molar-refractivity contribution in [2.75, 3.05) is 25.1 Å². The number of aromatic nitrogens is 2. The molecule has 0 saturated carbocycles. The van der Waals surface area contributed by atoms with Crippen molar-refractivity contribution in [3.8, 4) is 5.75 Å². The Bertz CT molecular complexity index is 958. The van der Waals surface area contributed by atoms with Crippen LogP contribution in [0.3, 0.4) is 0 Å². The summed E-state index contributed by atoms with van der Waals surface area (Å²) >= 11 is 0. The summed E-state index contributed by atoms with van der Waals surface area (Å²) in [5, 5.41) is 0. The zero-order valence-corrected chi connectivity index (χ0v) is 17.9. The summed E-state index contributed by atoms with van der Waals surface area (Å²) in [6.45, 7) is 5.50. The Labute approximate surface area is 177 Å². The lowest BCUT2D eigenvalue weighted by Crippen LogP contribution is -2.39. The minimum absolute atomic E-state index is 0.0800. The highest BCUT2D eigenvalue weighted by Crippen LogP contribution is 2.33.